The van der Waals surface area contributed by atoms with E-state index in [-0.39, 0.29) is 16.6 Å². The molecule has 1 aromatic heterocycles. The van der Waals surface area contributed by atoms with Crippen molar-refractivity contribution < 1.29 is 9.84 Å². The van der Waals surface area contributed by atoms with E-state index in [4.69, 9.17) is 4.74 Å². The van der Waals surface area contributed by atoms with Gasteiger partial charge in [0, 0.05) is 34.7 Å². The fraction of sp³-hybridized carbons (Fsp3) is 0.423. The summed E-state index contributed by atoms with van der Waals surface area (Å²) >= 11 is 1.61. The van der Waals surface area contributed by atoms with Gasteiger partial charge in [0.05, 0.1) is 12.6 Å². The molecule has 1 heterocycles. The number of hydrogen-bond acceptors (Lipinski definition) is 4. The summed E-state index contributed by atoms with van der Waals surface area (Å²) in [6.45, 7) is 11.6. The molecule has 0 spiro atoms. The van der Waals surface area contributed by atoms with E-state index in [1.807, 2.05) is 11.7 Å². The Bertz CT molecular complexity index is 1080. The van der Waals surface area contributed by atoms with Crippen LogP contribution in [-0.4, -0.2) is 17.2 Å². The normalized spacial score (nSPS) is 16.9. The summed E-state index contributed by atoms with van der Waals surface area (Å²) in [5, 5.41) is 10.6. The fourth-order valence-corrected chi connectivity index (χ4v) is 5.28. The number of phenols is 1. The standard InChI is InChI=1S/C26H31NO2S/c1-16-9-21-22(26(4,5)8-7-25(21,2)3)12-19(16)20-11-17(10-18-14-27-15-30-18)23(28)13-24(20)29-6/h9,11-15,28H,7-8,10H2,1-6H3. The molecule has 0 bridgehead atoms. The second-order valence-electron chi connectivity index (χ2n) is 9.81. The van der Waals surface area contributed by atoms with Gasteiger partial charge in [-0.3, -0.25) is 4.98 Å². The number of hydrogen-bond donors (Lipinski definition) is 1. The average Bonchev–Trinajstić information content (AvgIpc) is 3.20. The first-order chi connectivity index (χ1) is 14.1. The molecule has 1 N–H and O–H groups in total. The van der Waals surface area contributed by atoms with Crippen LogP contribution in [0, 0.1) is 6.92 Å². The number of nitrogens with zero attached hydrogens (tertiary/aromatic N) is 1. The first-order valence-electron chi connectivity index (χ1n) is 10.6. The minimum absolute atomic E-state index is 0.142. The van der Waals surface area contributed by atoms with E-state index in [0.29, 0.717) is 12.2 Å². The zero-order valence-corrected chi connectivity index (χ0v) is 19.6. The van der Waals surface area contributed by atoms with Crippen LogP contribution in [0.3, 0.4) is 0 Å². The number of fused-ring (bicyclic) bond motifs is 1. The van der Waals surface area contributed by atoms with Crippen LogP contribution in [0.2, 0.25) is 0 Å². The monoisotopic (exact) mass is 421 g/mol. The Morgan fingerprint density at radius 3 is 2.27 bits per heavy atom. The molecule has 30 heavy (non-hydrogen) atoms. The molecule has 0 saturated carbocycles. The summed E-state index contributed by atoms with van der Waals surface area (Å²) in [6, 6.07) is 8.58. The lowest BCUT2D eigenvalue weighted by atomic mass is 9.62. The molecule has 1 aliphatic carbocycles. The highest BCUT2D eigenvalue weighted by molar-refractivity contribution is 7.09. The predicted octanol–water partition coefficient (Wildman–Crippen LogP) is 6.77. The van der Waals surface area contributed by atoms with E-state index < -0.39 is 0 Å². The molecule has 0 fully saturated rings. The molecule has 3 nitrogen and oxygen atoms in total. The molecule has 3 aromatic rings. The Morgan fingerprint density at radius 2 is 1.67 bits per heavy atom. The van der Waals surface area contributed by atoms with Gasteiger partial charge in [-0.1, -0.05) is 33.8 Å². The van der Waals surface area contributed by atoms with Crippen LogP contribution in [0.15, 0.2) is 36.0 Å². The van der Waals surface area contributed by atoms with Crippen molar-refractivity contribution in [1.82, 2.24) is 4.98 Å². The summed E-state index contributed by atoms with van der Waals surface area (Å²) < 4.78 is 5.69. The lowest BCUT2D eigenvalue weighted by Gasteiger charge is -2.42. The van der Waals surface area contributed by atoms with Gasteiger partial charge < -0.3 is 9.84 Å². The van der Waals surface area contributed by atoms with E-state index in [2.05, 4.69) is 57.8 Å². The van der Waals surface area contributed by atoms with Crippen molar-refractivity contribution in [1.29, 1.82) is 0 Å². The second kappa shape index (κ2) is 7.42. The predicted molar refractivity (Wildman–Crippen MR) is 125 cm³/mol. The smallest absolute Gasteiger partial charge is 0.130 e. The van der Waals surface area contributed by atoms with E-state index >= 15 is 0 Å². The maximum atomic E-state index is 10.6. The van der Waals surface area contributed by atoms with Crippen molar-refractivity contribution in [3.63, 3.8) is 0 Å². The van der Waals surface area contributed by atoms with Crippen molar-refractivity contribution in [3.8, 4) is 22.6 Å². The van der Waals surface area contributed by atoms with E-state index in [1.165, 1.54) is 35.1 Å². The van der Waals surface area contributed by atoms with E-state index in [0.717, 1.165) is 16.0 Å². The Hall–Kier alpha value is -2.33. The summed E-state index contributed by atoms with van der Waals surface area (Å²) in [6.07, 6.45) is 4.91. The highest BCUT2D eigenvalue weighted by atomic mass is 32.1. The van der Waals surface area contributed by atoms with Crippen LogP contribution in [0.1, 0.15) is 67.7 Å². The van der Waals surface area contributed by atoms with Crippen molar-refractivity contribution in [3.05, 3.63) is 63.1 Å². The number of phenolic OH excluding ortho intramolecular Hbond substituents is 1. The molecule has 0 amide bonds. The Labute approximate surface area is 183 Å². The average molecular weight is 422 g/mol. The van der Waals surface area contributed by atoms with Gasteiger partial charge in [-0.25, -0.2) is 0 Å². The summed E-state index contributed by atoms with van der Waals surface area (Å²) in [4.78, 5) is 5.30. The van der Waals surface area contributed by atoms with Crippen molar-refractivity contribution in [2.75, 3.05) is 7.11 Å². The highest BCUT2D eigenvalue weighted by Crippen LogP contribution is 2.48. The third-order valence-corrected chi connectivity index (χ3v) is 7.52. The summed E-state index contributed by atoms with van der Waals surface area (Å²) in [7, 11) is 1.67. The molecule has 0 radical (unpaired) electrons. The molecule has 4 heteroatoms. The number of aromatic nitrogens is 1. The van der Waals surface area contributed by atoms with Crippen LogP contribution in [0.25, 0.3) is 11.1 Å². The summed E-state index contributed by atoms with van der Waals surface area (Å²) in [5.74, 6) is 0.970. The molecule has 2 aromatic carbocycles. The molecule has 158 valence electrons. The number of ether oxygens (including phenoxy) is 1. The third kappa shape index (κ3) is 3.62. The van der Waals surface area contributed by atoms with Crippen LogP contribution < -0.4 is 4.74 Å². The lowest BCUT2D eigenvalue weighted by Crippen LogP contribution is -2.34. The van der Waals surface area contributed by atoms with Gasteiger partial charge in [0.2, 0.25) is 0 Å². The number of methoxy groups -OCH3 is 1. The summed E-state index contributed by atoms with van der Waals surface area (Å²) in [5.41, 5.74) is 9.40. The van der Waals surface area contributed by atoms with Crippen molar-refractivity contribution in [2.45, 2.75) is 64.7 Å². The SMILES string of the molecule is COc1cc(O)c(Cc2cncs2)cc1-c1cc2c(cc1C)C(C)(C)CCC2(C)C. The van der Waals surface area contributed by atoms with Gasteiger partial charge in [-0.05, 0) is 65.0 Å². The Kier molecular flexibility index (Phi) is 5.17. The number of benzene rings is 2. The second-order valence-corrected chi connectivity index (χ2v) is 10.8. The molecule has 0 aliphatic heterocycles. The lowest BCUT2D eigenvalue weighted by molar-refractivity contribution is 0.332. The van der Waals surface area contributed by atoms with Gasteiger partial charge in [0.25, 0.3) is 0 Å². The zero-order valence-electron chi connectivity index (χ0n) is 18.8. The van der Waals surface area contributed by atoms with Crippen LogP contribution in [0.4, 0.5) is 0 Å². The van der Waals surface area contributed by atoms with Crippen molar-refractivity contribution >= 4 is 11.3 Å². The number of rotatable bonds is 4. The van der Waals surface area contributed by atoms with Crippen molar-refractivity contribution in [2.24, 2.45) is 0 Å². The Balaban J connectivity index is 1.90. The molecule has 1 aliphatic rings. The number of thiazole rings is 1. The number of aromatic hydroxyl groups is 1. The van der Waals surface area contributed by atoms with Crippen LogP contribution in [0.5, 0.6) is 11.5 Å². The topological polar surface area (TPSA) is 42.4 Å². The highest BCUT2D eigenvalue weighted by Gasteiger charge is 2.37. The maximum Gasteiger partial charge on any atom is 0.130 e. The molecule has 0 atom stereocenters. The van der Waals surface area contributed by atoms with Crippen LogP contribution >= 0.6 is 11.3 Å². The third-order valence-electron chi connectivity index (χ3n) is 6.74. The van der Waals surface area contributed by atoms with Gasteiger partial charge in [0.15, 0.2) is 0 Å². The van der Waals surface area contributed by atoms with Crippen LogP contribution in [-0.2, 0) is 17.3 Å². The molecular weight excluding hydrogens is 390 g/mol. The molecule has 0 saturated heterocycles. The van der Waals surface area contributed by atoms with E-state index in [9.17, 15) is 5.11 Å². The van der Waals surface area contributed by atoms with Gasteiger partial charge in [-0.2, -0.15) is 0 Å². The van der Waals surface area contributed by atoms with Gasteiger partial charge >= 0.3 is 0 Å². The molecule has 0 unspecified atom stereocenters. The number of aryl methyl sites for hydroxylation is 1. The molecular formula is C26H31NO2S. The van der Waals surface area contributed by atoms with Gasteiger partial charge in [-0.15, -0.1) is 11.3 Å². The minimum Gasteiger partial charge on any atom is -0.508 e. The quantitative estimate of drug-likeness (QED) is 0.505. The first-order valence-corrected chi connectivity index (χ1v) is 11.4. The minimum atomic E-state index is 0.142. The maximum absolute atomic E-state index is 10.6. The first kappa shape index (κ1) is 20.9. The van der Waals surface area contributed by atoms with Gasteiger partial charge in [0.1, 0.15) is 11.5 Å². The largest absolute Gasteiger partial charge is 0.508 e. The Morgan fingerprint density at radius 1 is 1.00 bits per heavy atom. The fourth-order valence-electron chi connectivity index (χ4n) is 4.66. The molecule has 4 rings (SSSR count). The zero-order chi connectivity index (χ0) is 21.7. The van der Waals surface area contributed by atoms with E-state index in [1.54, 1.807) is 24.5 Å².